The monoisotopic (exact) mass is 522 g/mol. The van der Waals surface area contributed by atoms with E-state index < -0.39 is 11.6 Å². The van der Waals surface area contributed by atoms with Gasteiger partial charge < -0.3 is 34.9 Å². The number of rotatable bonds is 9. The lowest BCUT2D eigenvalue weighted by atomic mass is 9.95. The zero-order chi connectivity index (χ0) is 26.0. The van der Waals surface area contributed by atoms with Gasteiger partial charge in [-0.05, 0) is 31.2 Å². The Morgan fingerprint density at radius 3 is 2.68 bits per heavy atom. The molecule has 5 rings (SSSR count). The van der Waals surface area contributed by atoms with Gasteiger partial charge in [0.15, 0.2) is 0 Å². The molecule has 0 radical (unpaired) electrons. The van der Waals surface area contributed by atoms with Crippen LogP contribution in [0.15, 0.2) is 60.9 Å². The van der Waals surface area contributed by atoms with Crippen LogP contribution in [-0.2, 0) is 14.3 Å². The summed E-state index contributed by atoms with van der Waals surface area (Å²) < 4.78 is 16.5. The first-order valence-electron chi connectivity index (χ1n) is 11.8. The number of anilines is 2. The second kappa shape index (κ2) is 10.4. The average Bonchev–Trinajstić information content (AvgIpc) is 3.33. The number of pyridine rings is 1. The van der Waals surface area contributed by atoms with Crippen molar-refractivity contribution in [2.45, 2.75) is 18.6 Å². The van der Waals surface area contributed by atoms with Crippen molar-refractivity contribution in [1.82, 2.24) is 9.97 Å². The number of H-pyrrole nitrogens is 1. The van der Waals surface area contributed by atoms with Gasteiger partial charge in [0.1, 0.15) is 28.8 Å². The predicted octanol–water partition coefficient (Wildman–Crippen LogP) is 4.88. The number of nitrogens with one attached hydrogen (secondary N) is 3. The van der Waals surface area contributed by atoms with Crippen LogP contribution in [0.25, 0.3) is 11.0 Å². The lowest BCUT2D eigenvalue weighted by molar-refractivity contribution is -0.122. The SMILES string of the molecule is COCCOCC1(C)Nc2c(cnc3[nH]cc(C(O)c4ccc(Oc5ccccc5)cc4Cl)c23)NC1=O. The number of hydrogen-bond donors (Lipinski definition) is 4. The smallest absolute Gasteiger partial charge is 0.252 e. The Morgan fingerprint density at radius 1 is 1.11 bits per heavy atom. The zero-order valence-corrected chi connectivity index (χ0v) is 21.1. The molecule has 10 heteroatoms. The molecule has 4 N–H and O–H groups in total. The van der Waals surface area contributed by atoms with Crippen molar-refractivity contribution in [3.8, 4) is 11.5 Å². The highest BCUT2D eigenvalue weighted by molar-refractivity contribution is 6.31. The average molecular weight is 523 g/mol. The summed E-state index contributed by atoms with van der Waals surface area (Å²) in [6, 6.07) is 14.5. The molecule has 0 fully saturated rings. The summed E-state index contributed by atoms with van der Waals surface area (Å²) in [5, 5.41) is 18.6. The van der Waals surface area contributed by atoms with Crippen LogP contribution in [0.2, 0.25) is 5.02 Å². The normalized spacial score (nSPS) is 17.7. The molecule has 4 aromatic rings. The van der Waals surface area contributed by atoms with Crippen molar-refractivity contribution in [3.63, 3.8) is 0 Å². The first kappa shape index (κ1) is 25.0. The Balaban J connectivity index is 1.45. The molecular formula is C27H27ClN4O5. The van der Waals surface area contributed by atoms with Crippen molar-refractivity contribution in [2.75, 3.05) is 37.6 Å². The molecule has 1 amide bonds. The number of amides is 1. The Kier molecular flexibility index (Phi) is 7.03. The number of fused-ring (bicyclic) bond motifs is 3. The van der Waals surface area contributed by atoms with E-state index in [1.807, 2.05) is 30.3 Å². The molecule has 1 aliphatic rings. The van der Waals surface area contributed by atoms with E-state index in [1.165, 1.54) is 0 Å². The second-order valence-electron chi connectivity index (χ2n) is 8.97. The molecule has 0 spiro atoms. The van der Waals surface area contributed by atoms with Gasteiger partial charge in [-0.2, -0.15) is 0 Å². The molecule has 37 heavy (non-hydrogen) atoms. The van der Waals surface area contributed by atoms with E-state index >= 15 is 0 Å². The molecule has 2 aromatic carbocycles. The number of aliphatic hydroxyl groups is 1. The molecule has 2 aromatic heterocycles. The van der Waals surface area contributed by atoms with E-state index in [1.54, 1.807) is 44.6 Å². The van der Waals surface area contributed by atoms with Gasteiger partial charge in [0.25, 0.3) is 5.91 Å². The maximum atomic E-state index is 12.9. The number of aliphatic hydroxyl groups excluding tert-OH is 1. The topological polar surface area (TPSA) is 118 Å². The minimum Gasteiger partial charge on any atom is -0.457 e. The summed E-state index contributed by atoms with van der Waals surface area (Å²) in [4.78, 5) is 20.4. The number of carbonyl (C=O) groups excluding carboxylic acids is 1. The van der Waals surface area contributed by atoms with Gasteiger partial charge in [-0.3, -0.25) is 4.79 Å². The fourth-order valence-electron chi connectivity index (χ4n) is 4.26. The second-order valence-corrected chi connectivity index (χ2v) is 9.38. The van der Waals surface area contributed by atoms with Crippen LogP contribution in [0.3, 0.4) is 0 Å². The van der Waals surface area contributed by atoms with Gasteiger partial charge in [-0.25, -0.2) is 4.98 Å². The van der Waals surface area contributed by atoms with E-state index in [9.17, 15) is 9.90 Å². The number of hydrogen-bond acceptors (Lipinski definition) is 7. The van der Waals surface area contributed by atoms with E-state index in [0.717, 1.165) is 0 Å². The van der Waals surface area contributed by atoms with E-state index in [2.05, 4.69) is 20.6 Å². The Labute approximate surface area is 218 Å². The van der Waals surface area contributed by atoms with Crippen LogP contribution in [0.1, 0.15) is 24.2 Å². The van der Waals surface area contributed by atoms with E-state index in [0.29, 0.717) is 63.3 Å². The minimum atomic E-state index is -1.07. The van der Waals surface area contributed by atoms with Crippen LogP contribution in [0.4, 0.5) is 11.4 Å². The largest absolute Gasteiger partial charge is 0.457 e. The molecule has 2 atom stereocenters. The third-order valence-electron chi connectivity index (χ3n) is 6.24. The standard InChI is InChI=1S/C27H27ClN4O5/c1-27(15-36-11-10-35-2)26(34)31-21-14-30-25-22(23(21)32-27)19(13-29-25)24(33)18-9-8-17(12-20(18)28)37-16-6-4-3-5-7-16/h3-9,12-14,24,32-33H,10-11,15H2,1-2H3,(H,29,30)(H,31,34). The van der Waals surface area contributed by atoms with Gasteiger partial charge in [-0.15, -0.1) is 0 Å². The van der Waals surface area contributed by atoms with Crippen molar-refractivity contribution in [1.29, 1.82) is 0 Å². The summed E-state index contributed by atoms with van der Waals surface area (Å²) in [7, 11) is 1.59. The molecule has 9 nitrogen and oxygen atoms in total. The van der Waals surface area contributed by atoms with Crippen LogP contribution < -0.4 is 15.4 Å². The van der Waals surface area contributed by atoms with Crippen LogP contribution in [0, 0.1) is 0 Å². The number of carbonyl (C=O) groups is 1. The molecule has 0 saturated carbocycles. The zero-order valence-electron chi connectivity index (χ0n) is 20.4. The number of aromatic amines is 1. The Bertz CT molecular complexity index is 1430. The maximum Gasteiger partial charge on any atom is 0.252 e. The van der Waals surface area contributed by atoms with Gasteiger partial charge in [0.05, 0.1) is 47.8 Å². The van der Waals surface area contributed by atoms with Gasteiger partial charge in [0.2, 0.25) is 0 Å². The summed E-state index contributed by atoms with van der Waals surface area (Å²) >= 11 is 6.58. The maximum absolute atomic E-state index is 12.9. The van der Waals surface area contributed by atoms with E-state index in [4.69, 9.17) is 25.8 Å². The Hall–Kier alpha value is -3.63. The number of benzene rings is 2. The fourth-order valence-corrected chi connectivity index (χ4v) is 4.53. The van der Waals surface area contributed by atoms with Gasteiger partial charge in [-0.1, -0.05) is 35.9 Å². The third-order valence-corrected chi connectivity index (χ3v) is 6.57. The number of ether oxygens (including phenoxy) is 3. The van der Waals surface area contributed by atoms with Crippen LogP contribution >= 0.6 is 11.6 Å². The molecule has 2 unspecified atom stereocenters. The van der Waals surface area contributed by atoms with Crippen molar-refractivity contribution in [2.24, 2.45) is 0 Å². The highest BCUT2D eigenvalue weighted by Crippen LogP contribution is 2.42. The number of para-hydroxylation sites is 1. The van der Waals surface area contributed by atoms with Crippen LogP contribution in [0.5, 0.6) is 11.5 Å². The lowest BCUT2D eigenvalue weighted by Gasteiger charge is -2.36. The van der Waals surface area contributed by atoms with Crippen molar-refractivity contribution < 1.29 is 24.1 Å². The fraction of sp³-hybridized carbons (Fsp3) is 0.259. The summed E-state index contributed by atoms with van der Waals surface area (Å²) in [5.74, 6) is 0.996. The lowest BCUT2D eigenvalue weighted by Crippen LogP contribution is -2.53. The first-order valence-corrected chi connectivity index (χ1v) is 12.1. The number of aromatic nitrogens is 2. The summed E-state index contributed by atoms with van der Waals surface area (Å²) in [5.41, 5.74) is 1.73. The molecule has 0 bridgehead atoms. The molecule has 0 saturated heterocycles. The van der Waals surface area contributed by atoms with Crippen molar-refractivity contribution >= 4 is 39.9 Å². The molecule has 1 aliphatic heterocycles. The summed E-state index contributed by atoms with van der Waals surface area (Å²) in [6.45, 7) is 2.67. The molecule has 3 heterocycles. The van der Waals surface area contributed by atoms with Crippen molar-refractivity contribution in [3.05, 3.63) is 77.1 Å². The quantitative estimate of drug-likeness (QED) is 0.231. The Morgan fingerprint density at radius 2 is 1.92 bits per heavy atom. The number of halogens is 1. The van der Waals surface area contributed by atoms with E-state index in [-0.39, 0.29) is 12.5 Å². The third kappa shape index (κ3) is 4.99. The predicted molar refractivity (Wildman–Crippen MR) is 141 cm³/mol. The number of nitrogens with zero attached hydrogens (tertiary/aromatic N) is 1. The van der Waals surface area contributed by atoms with Gasteiger partial charge in [0, 0.05) is 24.4 Å². The molecule has 0 aliphatic carbocycles. The molecular weight excluding hydrogens is 496 g/mol. The van der Waals surface area contributed by atoms with Gasteiger partial charge >= 0.3 is 0 Å². The highest BCUT2D eigenvalue weighted by Gasteiger charge is 2.39. The van der Waals surface area contributed by atoms with Crippen LogP contribution in [-0.4, -0.2) is 53.5 Å². The number of methoxy groups -OCH3 is 1. The summed E-state index contributed by atoms with van der Waals surface area (Å²) in [6.07, 6.45) is 2.20. The molecule has 192 valence electrons. The first-order chi connectivity index (χ1) is 17.9. The minimum absolute atomic E-state index is 0.127. The highest BCUT2D eigenvalue weighted by atomic mass is 35.5.